The summed E-state index contributed by atoms with van der Waals surface area (Å²) in [6.45, 7) is 4.23. The van der Waals surface area contributed by atoms with Crippen LogP contribution in [0.3, 0.4) is 0 Å². The van der Waals surface area contributed by atoms with Crippen molar-refractivity contribution in [1.82, 2.24) is 0 Å². The highest BCUT2D eigenvalue weighted by atomic mass is 19.1. The lowest BCUT2D eigenvalue weighted by molar-refractivity contribution is 0.155. The first-order chi connectivity index (χ1) is 16.6. The average Bonchev–Trinajstić information content (AvgIpc) is 2.86. The van der Waals surface area contributed by atoms with E-state index in [9.17, 15) is 4.79 Å². The van der Waals surface area contributed by atoms with Crippen LogP contribution >= 0.6 is 0 Å². The van der Waals surface area contributed by atoms with Crippen molar-refractivity contribution >= 4 is 10.8 Å². The first-order valence-corrected chi connectivity index (χ1v) is 14.4. The van der Waals surface area contributed by atoms with Crippen LogP contribution in [0.1, 0.15) is 127 Å². The van der Waals surface area contributed by atoms with Crippen LogP contribution in [-0.2, 0) is 6.42 Å². The van der Waals surface area contributed by atoms with Crippen molar-refractivity contribution in [2.75, 3.05) is 0 Å². The van der Waals surface area contributed by atoms with Crippen LogP contribution in [0.4, 0.5) is 4.39 Å². The van der Waals surface area contributed by atoms with E-state index in [0.29, 0.717) is 17.6 Å². The molecule has 34 heavy (non-hydrogen) atoms. The lowest BCUT2D eigenvalue weighted by Crippen LogP contribution is -2.25. The molecule has 2 fully saturated rings. The fourth-order valence-corrected chi connectivity index (χ4v) is 6.86. The summed E-state index contributed by atoms with van der Waals surface area (Å²) >= 11 is 0. The van der Waals surface area contributed by atoms with Crippen molar-refractivity contribution in [3.8, 4) is 0 Å². The van der Waals surface area contributed by atoms with Crippen molar-refractivity contribution in [1.29, 1.82) is 0 Å². The molecule has 3 heteroatoms. The molecule has 0 radical (unpaired) electrons. The molecule has 2 aliphatic rings. The maximum Gasteiger partial charge on any atom is 0.346 e. The Bertz CT molecular complexity index is 961. The summed E-state index contributed by atoms with van der Waals surface area (Å²) in [4.78, 5) is 12.4. The predicted octanol–water partition coefficient (Wildman–Crippen LogP) is 9.33. The molecule has 0 saturated heterocycles. The highest BCUT2D eigenvalue weighted by Crippen LogP contribution is 2.45. The van der Waals surface area contributed by atoms with Gasteiger partial charge in [-0.15, -0.1) is 0 Å². The van der Waals surface area contributed by atoms with Gasteiger partial charge in [-0.3, -0.25) is 0 Å². The molecule has 0 amide bonds. The van der Waals surface area contributed by atoms with Gasteiger partial charge in [-0.2, -0.15) is 0 Å². The van der Waals surface area contributed by atoms with Gasteiger partial charge in [0, 0.05) is 6.42 Å². The summed E-state index contributed by atoms with van der Waals surface area (Å²) in [6.07, 6.45) is 20.7. The third kappa shape index (κ3) is 6.13. The molecule has 4 rings (SSSR count). The number of hydrogen-bond donors (Lipinski definition) is 0. The van der Waals surface area contributed by atoms with Crippen LogP contribution in [0.2, 0.25) is 0 Å². The maximum atomic E-state index is 15.4. The molecule has 1 aromatic heterocycles. The topological polar surface area (TPSA) is 30.2 Å². The zero-order valence-electron chi connectivity index (χ0n) is 21.5. The van der Waals surface area contributed by atoms with Gasteiger partial charge in [-0.25, -0.2) is 9.18 Å². The minimum Gasteiger partial charge on any atom is -0.427 e. The normalized spacial score (nSPS) is 25.6. The van der Waals surface area contributed by atoms with Crippen LogP contribution in [0.5, 0.6) is 0 Å². The van der Waals surface area contributed by atoms with E-state index in [-0.39, 0.29) is 17.1 Å². The van der Waals surface area contributed by atoms with Crippen molar-refractivity contribution in [3.05, 3.63) is 45.8 Å². The minimum atomic E-state index is -0.528. The van der Waals surface area contributed by atoms with Gasteiger partial charge in [0.2, 0.25) is 0 Å². The van der Waals surface area contributed by atoms with E-state index in [1.807, 2.05) is 25.1 Å². The molecule has 0 aliphatic heterocycles. The highest BCUT2D eigenvalue weighted by molar-refractivity contribution is 5.83. The predicted molar refractivity (Wildman–Crippen MR) is 140 cm³/mol. The molecule has 1 aromatic carbocycles. The standard InChI is InChI=1S/C31H45FO2/c1-3-5-6-7-8-9-10-22-11-13-23(14-12-22)24-15-17-25(18-16-24)28-20-19-26-21-27(4-2)34-31(33)29(26)30(28)32/h19-25H,3-18H2,1-2H3. The second-order valence-electron chi connectivity index (χ2n) is 11.2. The van der Waals surface area contributed by atoms with Gasteiger partial charge in [0.05, 0.1) is 0 Å². The van der Waals surface area contributed by atoms with Crippen molar-refractivity contribution in [3.63, 3.8) is 0 Å². The summed E-state index contributed by atoms with van der Waals surface area (Å²) in [5.74, 6) is 3.16. The Labute approximate surface area is 205 Å². The van der Waals surface area contributed by atoms with Crippen LogP contribution in [0.25, 0.3) is 10.8 Å². The third-order valence-corrected chi connectivity index (χ3v) is 9.03. The second kappa shape index (κ2) is 12.4. The smallest absolute Gasteiger partial charge is 0.346 e. The zero-order valence-corrected chi connectivity index (χ0v) is 21.5. The summed E-state index contributed by atoms with van der Waals surface area (Å²) in [5.41, 5.74) is 0.199. The molecule has 188 valence electrons. The molecule has 2 aliphatic carbocycles. The summed E-state index contributed by atoms with van der Waals surface area (Å²) < 4.78 is 20.7. The Morgan fingerprint density at radius 2 is 1.50 bits per heavy atom. The summed E-state index contributed by atoms with van der Waals surface area (Å²) in [5, 5.41) is 0.807. The Kier molecular flexibility index (Phi) is 9.25. The SMILES string of the molecule is CCCCCCCCC1CCC(C2CCC(c3ccc4cc(CC)oc(=O)c4c3F)CC2)CC1. The maximum absolute atomic E-state index is 15.4. The molecule has 0 spiro atoms. The largest absolute Gasteiger partial charge is 0.427 e. The highest BCUT2D eigenvalue weighted by Gasteiger charge is 2.32. The number of fused-ring (bicyclic) bond motifs is 1. The monoisotopic (exact) mass is 468 g/mol. The molecule has 1 heterocycles. The Balaban J connectivity index is 1.26. The first-order valence-electron chi connectivity index (χ1n) is 14.4. The van der Waals surface area contributed by atoms with Gasteiger partial charge in [0.15, 0.2) is 0 Å². The average molecular weight is 469 g/mol. The van der Waals surface area contributed by atoms with Crippen LogP contribution in [0, 0.1) is 23.6 Å². The molecule has 2 nitrogen and oxygen atoms in total. The Morgan fingerprint density at radius 1 is 0.853 bits per heavy atom. The third-order valence-electron chi connectivity index (χ3n) is 9.03. The Morgan fingerprint density at radius 3 is 2.18 bits per heavy atom. The second-order valence-corrected chi connectivity index (χ2v) is 11.2. The Hall–Kier alpha value is -1.64. The first kappa shape index (κ1) is 25.5. The quantitative estimate of drug-likeness (QED) is 0.325. The number of unbranched alkanes of at least 4 members (excludes halogenated alkanes) is 5. The number of benzene rings is 1. The van der Waals surface area contributed by atoms with E-state index < -0.39 is 5.63 Å². The van der Waals surface area contributed by atoms with E-state index in [1.165, 1.54) is 83.5 Å². The molecular weight excluding hydrogens is 423 g/mol. The number of halogens is 1. The van der Waals surface area contributed by atoms with Crippen LogP contribution in [-0.4, -0.2) is 0 Å². The van der Waals surface area contributed by atoms with E-state index in [2.05, 4.69) is 6.92 Å². The van der Waals surface area contributed by atoms with Gasteiger partial charge in [0.25, 0.3) is 0 Å². The molecular formula is C31H45FO2. The van der Waals surface area contributed by atoms with Gasteiger partial charge in [-0.1, -0.05) is 83.8 Å². The van der Waals surface area contributed by atoms with Crippen molar-refractivity contribution < 1.29 is 8.81 Å². The van der Waals surface area contributed by atoms with E-state index in [1.54, 1.807) is 0 Å². The van der Waals surface area contributed by atoms with E-state index >= 15 is 4.39 Å². The summed E-state index contributed by atoms with van der Waals surface area (Å²) in [7, 11) is 0. The number of rotatable bonds is 10. The van der Waals surface area contributed by atoms with Crippen LogP contribution in [0.15, 0.2) is 27.4 Å². The number of hydrogen-bond acceptors (Lipinski definition) is 2. The molecule has 2 saturated carbocycles. The summed E-state index contributed by atoms with van der Waals surface area (Å²) in [6, 6.07) is 5.65. The van der Waals surface area contributed by atoms with Crippen molar-refractivity contribution in [2.45, 2.75) is 122 Å². The molecule has 0 N–H and O–H groups in total. The fraction of sp³-hybridized carbons (Fsp3) is 0.710. The molecule has 0 bridgehead atoms. The van der Waals surface area contributed by atoms with Crippen LogP contribution < -0.4 is 5.63 Å². The van der Waals surface area contributed by atoms with E-state index in [0.717, 1.165) is 36.2 Å². The fourth-order valence-electron chi connectivity index (χ4n) is 6.86. The minimum absolute atomic E-state index is 0.139. The zero-order chi connectivity index (χ0) is 23.9. The molecule has 0 atom stereocenters. The van der Waals surface area contributed by atoms with Gasteiger partial charge in [-0.05, 0) is 79.2 Å². The lowest BCUT2D eigenvalue weighted by atomic mass is 9.68. The van der Waals surface area contributed by atoms with Gasteiger partial charge in [0.1, 0.15) is 17.0 Å². The lowest BCUT2D eigenvalue weighted by Gasteiger charge is -2.38. The number of aryl methyl sites for hydroxylation is 1. The molecule has 0 unspecified atom stereocenters. The van der Waals surface area contributed by atoms with Gasteiger partial charge >= 0.3 is 5.63 Å². The molecule has 2 aromatic rings. The van der Waals surface area contributed by atoms with E-state index in [4.69, 9.17) is 4.42 Å². The van der Waals surface area contributed by atoms with Gasteiger partial charge < -0.3 is 4.42 Å². The van der Waals surface area contributed by atoms with Crippen molar-refractivity contribution in [2.24, 2.45) is 17.8 Å².